The highest BCUT2D eigenvalue weighted by atomic mass is 16.7. The highest BCUT2D eigenvalue weighted by Gasteiger charge is 2.14. The number of hydrogen-bond donors (Lipinski definition) is 1. The standard InChI is InChI=1S/C20H28N2O3/c1-4-8-19(23)22(14-12-20(24-2)25-3)13-7-9-16-15-21-18-11-6-5-10-17(16)18/h4-6,8,10-11,15,20-21H,7,9,12-14H2,1-3H3/b8-4+. The third kappa shape index (κ3) is 5.44. The summed E-state index contributed by atoms with van der Waals surface area (Å²) in [6.45, 7) is 3.18. The molecule has 0 aliphatic carbocycles. The number of aromatic amines is 1. The summed E-state index contributed by atoms with van der Waals surface area (Å²) in [4.78, 5) is 17.4. The third-order valence-corrected chi connectivity index (χ3v) is 4.33. The number of fused-ring (bicyclic) bond motifs is 1. The van der Waals surface area contributed by atoms with Crippen LogP contribution in [0.3, 0.4) is 0 Å². The lowest BCUT2D eigenvalue weighted by Crippen LogP contribution is -2.34. The van der Waals surface area contributed by atoms with Gasteiger partial charge in [0.25, 0.3) is 0 Å². The molecule has 5 heteroatoms. The lowest BCUT2D eigenvalue weighted by atomic mass is 10.1. The van der Waals surface area contributed by atoms with Crippen LogP contribution in [-0.4, -0.2) is 49.4 Å². The fourth-order valence-electron chi connectivity index (χ4n) is 2.97. The van der Waals surface area contributed by atoms with Crippen LogP contribution in [0.25, 0.3) is 10.9 Å². The van der Waals surface area contributed by atoms with Gasteiger partial charge in [-0.3, -0.25) is 4.79 Å². The first kappa shape index (κ1) is 19.2. The van der Waals surface area contributed by atoms with Gasteiger partial charge >= 0.3 is 0 Å². The van der Waals surface area contributed by atoms with Crippen molar-refractivity contribution in [2.24, 2.45) is 0 Å². The van der Waals surface area contributed by atoms with Crippen molar-refractivity contribution in [1.82, 2.24) is 9.88 Å². The predicted octanol–water partition coefficient (Wildman–Crippen LogP) is 3.51. The number of rotatable bonds is 10. The second-order valence-corrected chi connectivity index (χ2v) is 5.98. The molecule has 136 valence electrons. The van der Waals surface area contributed by atoms with Gasteiger partial charge < -0.3 is 19.4 Å². The van der Waals surface area contributed by atoms with Gasteiger partial charge in [-0.25, -0.2) is 0 Å². The average molecular weight is 344 g/mol. The number of methoxy groups -OCH3 is 2. The molecule has 1 aromatic carbocycles. The molecule has 1 heterocycles. The van der Waals surface area contributed by atoms with Gasteiger partial charge in [-0.1, -0.05) is 24.3 Å². The first-order valence-electron chi connectivity index (χ1n) is 8.71. The van der Waals surface area contributed by atoms with Crippen molar-refractivity contribution in [2.75, 3.05) is 27.3 Å². The maximum Gasteiger partial charge on any atom is 0.246 e. The van der Waals surface area contributed by atoms with E-state index in [1.54, 1.807) is 26.4 Å². The number of carbonyl (C=O) groups is 1. The third-order valence-electron chi connectivity index (χ3n) is 4.33. The summed E-state index contributed by atoms with van der Waals surface area (Å²) >= 11 is 0. The number of hydrogen-bond acceptors (Lipinski definition) is 3. The Kier molecular flexibility index (Phi) is 7.70. The number of nitrogens with zero attached hydrogens (tertiary/aromatic N) is 1. The number of para-hydroxylation sites is 1. The molecule has 0 radical (unpaired) electrons. The summed E-state index contributed by atoms with van der Waals surface area (Å²) in [5.74, 6) is 0.0346. The summed E-state index contributed by atoms with van der Waals surface area (Å²) in [7, 11) is 3.23. The molecule has 0 aliphatic rings. The molecular formula is C20H28N2O3. The first-order valence-corrected chi connectivity index (χ1v) is 8.71. The molecule has 0 fully saturated rings. The van der Waals surface area contributed by atoms with Crippen molar-refractivity contribution in [3.05, 3.63) is 48.2 Å². The van der Waals surface area contributed by atoms with E-state index in [0.29, 0.717) is 19.5 Å². The van der Waals surface area contributed by atoms with Crippen LogP contribution < -0.4 is 0 Å². The zero-order chi connectivity index (χ0) is 18.1. The Morgan fingerprint density at radius 1 is 1.24 bits per heavy atom. The van der Waals surface area contributed by atoms with E-state index in [1.807, 2.05) is 17.9 Å². The molecule has 0 spiro atoms. The fraction of sp³-hybridized carbons (Fsp3) is 0.450. The SMILES string of the molecule is C/C=C/C(=O)N(CCCc1c[nH]c2ccccc12)CCC(OC)OC. The Morgan fingerprint density at radius 3 is 2.72 bits per heavy atom. The molecule has 1 N–H and O–H groups in total. The van der Waals surface area contributed by atoms with Crippen LogP contribution >= 0.6 is 0 Å². The van der Waals surface area contributed by atoms with Crippen molar-refractivity contribution >= 4 is 16.8 Å². The monoisotopic (exact) mass is 344 g/mol. The van der Waals surface area contributed by atoms with Gasteiger partial charge in [0.15, 0.2) is 6.29 Å². The Balaban J connectivity index is 1.93. The van der Waals surface area contributed by atoms with Crippen LogP contribution in [0.5, 0.6) is 0 Å². The largest absolute Gasteiger partial charge is 0.361 e. The molecule has 1 aromatic heterocycles. The van der Waals surface area contributed by atoms with Crippen molar-refractivity contribution < 1.29 is 14.3 Å². The molecule has 0 aliphatic heterocycles. The van der Waals surface area contributed by atoms with Gasteiger partial charge in [0.05, 0.1) is 0 Å². The Labute approximate surface area is 149 Å². The van der Waals surface area contributed by atoms with Crippen LogP contribution in [0.2, 0.25) is 0 Å². The van der Waals surface area contributed by atoms with Crippen LogP contribution in [0, 0.1) is 0 Å². The van der Waals surface area contributed by atoms with Crippen LogP contribution in [-0.2, 0) is 20.7 Å². The lowest BCUT2D eigenvalue weighted by Gasteiger charge is -2.23. The van der Waals surface area contributed by atoms with Gasteiger partial charge in [-0.05, 0) is 37.5 Å². The molecule has 2 rings (SSSR count). The number of aryl methyl sites for hydroxylation is 1. The Hall–Kier alpha value is -2.11. The Morgan fingerprint density at radius 2 is 2.00 bits per heavy atom. The van der Waals surface area contributed by atoms with E-state index >= 15 is 0 Å². The molecule has 0 saturated carbocycles. The van der Waals surface area contributed by atoms with E-state index in [-0.39, 0.29) is 12.2 Å². The molecular weight excluding hydrogens is 316 g/mol. The van der Waals surface area contributed by atoms with Crippen molar-refractivity contribution in [3.63, 3.8) is 0 Å². The summed E-state index contributed by atoms with van der Waals surface area (Å²) in [5.41, 5.74) is 2.45. The summed E-state index contributed by atoms with van der Waals surface area (Å²) in [6.07, 6.45) is 7.67. The van der Waals surface area contributed by atoms with Gasteiger partial charge in [0.1, 0.15) is 0 Å². The minimum absolute atomic E-state index is 0.0346. The number of allylic oxidation sites excluding steroid dienone is 1. The molecule has 0 saturated heterocycles. The quantitative estimate of drug-likeness (QED) is 0.530. The van der Waals surface area contributed by atoms with E-state index in [0.717, 1.165) is 18.4 Å². The molecule has 0 bridgehead atoms. The highest BCUT2D eigenvalue weighted by molar-refractivity contribution is 5.87. The van der Waals surface area contributed by atoms with E-state index in [4.69, 9.17) is 9.47 Å². The van der Waals surface area contributed by atoms with E-state index in [2.05, 4.69) is 29.4 Å². The first-order chi connectivity index (χ1) is 12.2. The molecule has 2 aromatic rings. The number of nitrogens with one attached hydrogen (secondary N) is 1. The zero-order valence-corrected chi connectivity index (χ0v) is 15.3. The smallest absolute Gasteiger partial charge is 0.246 e. The van der Waals surface area contributed by atoms with Crippen molar-refractivity contribution in [3.8, 4) is 0 Å². The van der Waals surface area contributed by atoms with E-state index in [9.17, 15) is 4.79 Å². The molecule has 0 unspecified atom stereocenters. The molecule has 5 nitrogen and oxygen atoms in total. The average Bonchev–Trinajstić information content (AvgIpc) is 3.04. The number of aromatic nitrogens is 1. The zero-order valence-electron chi connectivity index (χ0n) is 15.3. The second-order valence-electron chi connectivity index (χ2n) is 5.98. The van der Waals surface area contributed by atoms with Crippen LogP contribution in [0.1, 0.15) is 25.3 Å². The Bertz CT molecular complexity index is 689. The summed E-state index contributed by atoms with van der Waals surface area (Å²) in [6, 6.07) is 8.29. The van der Waals surface area contributed by atoms with E-state index < -0.39 is 0 Å². The maximum absolute atomic E-state index is 12.3. The number of carbonyl (C=O) groups excluding carboxylic acids is 1. The van der Waals surface area contributed by atoms with Gasteiger partial charge in [-0.2, -0.15) is 0 Å². The van der Waals surface area contributed by atoms with Crippen LogP contribution in [0.4, 0.5) is 0 Å². The minimum Gasteiger partial charge on any atom is -0.361 e. The van der Waals surface area contributed by atoms with Crippen molar-refractivity contribution in [2.45, 2.75) is 32.5 Å². The van der Waals surface area contributed by atoms with Gasteiger partial charge in [-0.15, -0.1) is 0 Å². The fourth-order valence-corrected chi connectivity index (χ4v) is 2.97. The van der Waals surface area contributed by atoms with Crippen molar-refractivity contribution in [1.29, 1.82) is 0 Å². The minimum atomic E-state index is -0.283. The molecule has 25 heavy (non-hydrogen) atoms. The highest BCUT2D eigenvalue weighted by Crippen LogP contribution is 2.19. The normalized spacial score (nSPS) is 11.7. The van der Waals surface area contributed by atoms with Crippen LogP contribution in [0.15, 0.2) is 42.6 Å². The second kappa shape index (κ2) is 10.0. The number of H-pyrrole nitrogens is 1. The summed E-state index contributed by atoms with van der Waals surface area (Å²) < 4.78 is 10.4. The number of benzene rings is 1. The molecule has 0 atom stereocenters. The number of amides is 1. The maximum atomic E-state index is 12.3. The number of ether oxygens (including phenoxy) is 2. The molecule has 1 amide bonds. The van der Waals surface area contributed by atoms with E-state index in [1.165, 1.54) is 10.9 Å². The lowest BCUT2D eigenvalue weighted by molar-refractivity contribution is -0.130. The van der Waals surface area contributed by atoms with Gasteiger partial charge in [0.2, 0.25) is 5.91 Å². The van der Waals surface area contributed by atoms with Gasteiger partial charge in [0, 0.05) is 50.8 Å². The summed E-state index contributed by atoms with van der Waals surface area (Å²) in [5, 5.41) is 1.26. The topological polar surface area (TPSA) is 54.6 Å². The predicted molar refractivity (Wildman–Crippen MR) is 100 cm³/mol.